The summed E-state index contributed by atoms with van der Waals surface area (Å²) in [6.07, 6.45) is 11.3. The normalized spacial score (nSPS) is 31.8. The zero-order valence-electron chi connectivity index (χ0n) is 9.76. The molecule has 2 fully saturated rings. The number of hydrogen-bond donors (Lipinski definition) is 0. The van der Waals surface area contributed by atoms with Gasteiger partial charge in [0.2, 0.25) is 0 Å². The van der Waals surface area contributed by atoms with Crippen LogP contribution in [0.3, 0.4) is 0 Å². The Morgan fingerprint density at radius 3 is 2.73 bits per heavy atom. The van der Waals surface area contributed by atoms with Crippen molar-refractivity contribution in [1.29, 1.82) is 0 Å². The van der Waals surface area contributed by atoms with Gasteiger partial charge >= 0.3 is 0 Å². The van der Waals surface area contributed by atoms with Gasteiger partial charge in [-0.05, 0) is 57.5 Å². The number of likely N-dealkylation sites (tertiary alicyclic amines) is 1. The van der Waals surface area contributed by atoms with E-state index in [1.165, 1.54) is 64.5 Å². The molecule has 1 heterocycles. The maximum absolute atomic E-state index is 5.70. The number of unbranched alkanes of at least 4 members (excludes halogenated alkanes) is 2. The van der Waals surface area contributed by atoms with Gasteiger partial charge in [0.1, 0.15) is 0 Å². The summed E-state index contributed by atoms with van der Waals surface area (Å²) in [7, 11) is 0. The first kappa shape index (κ1) is 11.7. The van der Waals surface area contributed by atoms with Crippen molar-refractivity contribution in [3.8, 4) is 0 Å². The van der Waals surface area contributed by atoms with Crippen LogP contribution in [0, 0.1) is 5.92 Å². The van der Waals surface area contributed by atoms with Crippen molar-refractivity contribution in [2.75, 3.05) is 19.0 Å². The maximum atomic E-state index is 5.70. The first-order chi connectivity index (χ1) is 7.42. The summed E-state index contributed by atoms with van der Waals surface area (Å²) >= 11 is 5.70. The van der Waals surface area contributed by atoms with Crippen LogP contribution < -0.4 is 0 Å². The molecular weight excluding hydrogens is 206 g/mol. The number of rotatable bonds is 5. The molecule has 1 saturated heterocycles. The van der Waals surface area contributed by atoms with Gasteiger partial charge in [-0.1, -0.05) is 12.8 Å². The van der Waals surface area contributed by atoms with E-state index in [4.69, 9.17) is 11.6 Å². The van der Waals surface area contributed by atoms with E-state index in [1.807, 2.05) is 0 Å². The lowest BCUT2D eigenvalue weighted by atomic mass is 9.92. The quantitative estimate of drug-likeness (QED) is 0.514. The molecule has 2 heteroatoms. The predicted octanol–water partition coefficient (Wildman–Crippen LogP) is 3.66. The van der Waals surface area contributed by atoms with Crippen LogP contribution in [-0.2, 0) is 0 Å². The van der Waals surface area contributed by atoms with Gasteiger partial charge in [-0.2, -0.15) is 0 Å². The molecule has 2 atom stereocenters. The molecule has 15 heavy (non-hydrogen) atoms. The van der Waals surface area contributed by atoms with Crippen LogP contribution in [0.25, 0.3) is 0 Å². The molecule has 0 aromatic heterocycles. The molecule has 2 aliphatic rings. The first-order valence-corrected chi connectivity index (χ1v) is 7.25. The highest BCUT2D eigenvalue weighted by atomic mass is 35.5. The highest BCUT2D eigenvalue weighted by Gasteiger charge is 2.34. The third-order valence-corrected chi connectivity index (χ3v) is 4.45. The van der Waals surface area contributed by atoms with Gasteiger partial charge in [-0.3, -0.25) is 0 Å². The molecule has 1 nitrogen and oxygen atoms in total. The molecule has 0 N–H and O–H groups in total. The predicted molar refractivity (Wildman–Crippen MR) is 66.5 cm³/mol. The van der Waals surface area contributed by atoms with Crippen LogP contribution in [0.1, 0.15) is 51.4 Å². The highest BCUT2D eigenvalue weighted by molar-refractivity contribution is 6.17. The van der Waals surface area contributed by atoms with Gasteiger partial charge in [-0.15, -0.1) is 11.6 Å². The molecule has 0 spiro atoms. The third-order valence-electron chi connectivity index (χ3n) is 4.19. The Balaban J connectivity index is 1.71. The summed E-state index contributed by atoms with van der Waals surface area (Å²) in [5.74, 6) is 1.89. The van der Waals surface area contributed by atoms with Gasteiger partial charge in [0.25, 0.3) is 0 Å². The Hall–Kier alpha value is 0.250. The zero-order chi connectivity index (χ0) is 10.5. The van der Waals surface area contributed by atoms with E-state index >= 15 is 0 Å². The number of halogens is 1. The lowest BCUT2D eigenvalue weighted by Crippen LogP contribution is -2.42. The minimum atomic E-state index is 0.839. The number of nitrogens with zero attached hydrogens (tertiary/aromatic N) is 1. The first-order valence-electron chi connectivity index (χ1n) is 6.72. The third kappa shape index (κ3) is 3.10. The van der Waals surface area contributed by atoms with Crippen molar-refractivity contribution >= 4 is 11.6 Å². The average molecular weight is 230 g/mol. The summed E-state index contributed by atoms with van der Waals surface area (Å²) in [5, 5.41) is 0. The Labute approximate surface area is 99.2 Å². The second kappa shape index (κ2) is 6.10. The topological polar surface area (TPSA) is 3.24 Å². The second-order valence-corrected chi connectivity index (χ2v) is 5.56. The molecule has 1 aliphatic heterocycles. The maximum Gasteiger partial charge on any atom is 0.0223 e. The zero-order valence-corrected chi connectivity index (χ0v) is 10.5. The number of fused-ring (bicyclic) bond motifs is 1. The van der Waals surface area contributed by atoms with Crippen molar-refractivity contribution in [3.63, 3.8) is 0 Å². The van der Waals surface area contributed by atoms with E-state index in [0.717, 1.165) is 17.8 Å². The fourth-order valence-corrected chi connectivity index (χ4v) is 3.61. The summed E-state index contributed by atoms with van der Waals surface area (Å²) < 4.78 is 0. The molecule has 2 rings (SSSR count). The van der Waals surface area contributed by atoms with Gasteiger partial charge in [-0.25, -0.2) is 0 Å². The van der Waals surface area contributed by atoms with Crippen LogP contribution in [0.15, 0.2) is 0 Å². The molecular formula is C13H24ClN. The average Bonchev–Trinajstić information content (AvgIpc) is 2.73. The molecule has 0 aromatic carbocycles. The summed E-state index contributed by atoms with van der Waals surface area (Å²) in [4.78, 5) is 2.77. The molecule has 88 valence electrons. The standard InChI is InChI=1S/C13H24ClN/c14-9-2-1-3-10-15-11-5-7-12-6-4-8-13(12)15/h12-13H,1-11H2. The van der Waals surface area contributed by atoms with Crippen molar-refractivity contribution in [2.45, 2.75) is 57.4 Å². The van der Waals surface area contributed by atoms with E-state index < -0.39 is 0 Å². The van der Waals surface area contributed by atoms with Crippen molar-refractivity contribution < 1.29 is 0 Å². The second-order valence-electron chi connectivity index (χ2n) is 5.19. The molecule has 1 aliphatic carbocycles. The van der Waals surface area contributed by atoms with Crippen LogP contribution in [-0.4, -0.2) is 29.9 Å². The molecule has 1 saturated carbocycles. The number of hydrogen-bond acceptors (Lipinski definition) is 1. The molecule has 0 bridgehead atoms. The van der Waals surface area contributed by atoms with E-state index in [-0.39, 0.29) is 0 Å². The number of alkyl halides is 1. The SMILES string of the molecule is ClCCCCCN1CCCC2CCCC21. The monoisotopic (exact) mass is 229 g/mol. The van der Waals surface area contributed by atoms with Gasteiger partial charge in [0.05, 0.1) is 0 Å². The lowest BCUT2D eigenvalue weighted by Gasteiger charge is -2.37. The van der Waals surface area contributed by atoms with Crippen molar-refractivity contribution in [3.05, 3.63) is 0 Å². The number of piperidine rings is 1. The van der Waals surface area contributed by atoms with E-state index in [9.17, 15) is 0 Å². The molecule has 2 unspecified atom stereocenters. The van der Waals surface area contributed by atoms with Crippen LogP contribution in [0.4, 0.5) is 0 Å². The highest BCUT2D eigenvalue weighted by Crippen LogP contribution is 2.36. The van der Waals surface area contributed by atoms with Crippen LogP contribution >= 0.6 is 11.6 Å². The van der Waals surface area contributed by atoms with Gasteiger partial charge in [0, 0.05) is 11.9 Å². The van der Waals surface area contributed by atoms with Crippen molar-refractivity contribution in [1.82, 2.24) is 4.90 Å². The molecule has 0 aromatic rings. The Kier molecular flexibility index (Phi) is 4.77. The van der Waals surface area contributed by atoms with E-state index in [1.54, 1.807) is 0 Å². The van der Waals surface area contributed by atoms with E-state index in [0.29, 0.717) is 0 Å². The molecule has 0 radical (unpaired) electrons. The minimum Gasteiger partial charge on any atom is -0.300 e. The summed E-state index contributed by atoms with van der Waals surface area (Å²) in [5.41, 5.74) is 0. The Morgan fingerprint density at radius 2 is 1.87 bits per heavy atom. The summed E-state index contributed by atoms with van der Waals surface area (Å²) in [6.45, 7) is 2.69. The Morgan fingerprint density at radius 1 is 1.00 bits per heavy atom. The van der Waals surface area contributed by atoms with Gasteiger partial charge in [0.15, 0.2) is 0 Å². The smallest absolute Gasteiger partial charge is 0.0223 e. The fraction of sp³-hybridized carbons (Fsp3) is 1.00. The fourth-order valence-electron chi connectivity index (χ4n) is 3.42. The van der Waals surface area contributed by atoms with E-state index in [2.05, 4.69) is 4.90 Å². The van der Waals surface area contributed by atoms with Crippen molar-refractivity contribution in [2.24, 2.45) is 5.92 Å². The summed E-state index contributed by atoms with van der Waals surface area (Å²) in [6, 6.07) is 0.953. The largest absolute Gasteiger partial charge is 0.300 e. The Bertz CT molecular complexity index is 183. The minimum absolute atomic E-state index is 0.839. The van der Waals surface area contributed by atoms with Crippen LogP contribution in [0.5, 0.6) is 0 Å². The van der Waals surface area contributed by atoms with Crippen LogP contribution in [0.2, 0.25) is 0 Å². The molecule has 0 amide bonds. The van der Waals surface area contributed by atoms with Gasteiger partial charge < -0.3 is 4.90 Å². The lowest BCUT2D eigenvalue weighted by molar-refractivity contribution is 0.111.